The SMILES string of the molecule is COC(=O)c1ccc2c(=O)[nH]c3c(C(=O)Nc4ccc(Cl)c(Cl)c4)sc(=S)n3c2c1. The molecule has 0 aliphatic carbocycles. The number of aromatic amines is 1. The molecule has 0 fully saturated rings. The maximum atomic E-state index is 12.9. The van der Waals surface area contributed by atoms with Crippen molar-refractivity contribution in [3.8, 4) is 0 Å². The molecule has 0 unspecified atom stereocenters. The number of anilines is 1. The summed E-state index contributed by atoms with van der Waals surface area (Å²) in [5.41, 5.74) is 0.890. The molecule has 0 saturated heterocycles. The van der Waals surface area contributed by atoms with Crippen LogP contribution in [-0.2, 0) is 4.74 Å². The lowest BCUT2D eigenvalue weighted by Gasteiger charge is -2.07. The van der Waals surface area contributed by atoms with Crippen LogP contribution in [0, 0.1) is 3.95 Å². The number of ether oxygens (including phenoxy) is 1. The number of H-pyrrole nitrogens is 1. The Balaban J connectivity index is 1.88. The molecule has 4 aromatic rings. The predicted molar refractivity (Wildman–Crippen MR) is 120 cm³/mol. The van der Waals surface area contributed by atoms with E-state index in [9.17, 15) is 14.4 Å². The van der Waals surface area contributed by atoms with Crippen LogP contribution in [0.25, 0.3) is 16.6 Å². The fourth-order valence-corrected chi connectivity index (χ4v) is 4.53. The van der Waals surface area contributed by atoms with E-state index in [2.05, 4.69) is 10.3 Å². The van der Waals surface area contributed by atoms with Crippen molar-refractivity contribution in [1.82, 2.24) is 9.38 Å². The monoisotopic (exact) mass is 479 g/mol. The van der Waals surface area contributed by atoms with Gasteiger partial charge in [-0.25, -0.2) is 4.79 Å². The molecule has 11 heteroatoms. The standard InChI is InChI=1S/C19H11Cl2N3O4S2/c1-28-18(27)8-2-4-10-13(6-8)24-15(23-16(10)25)14(30-19(24)29)17(26)22-9-3-5-11(20)12(21)7-9/h2-7H,1H3,(H,22,26)(H,23,25). The van der Waals surface area contributed by atoms with Crippen LogP contribution in [0.3, 0.4) is 0 Å². The normalized spacial score (nSPS) is 11.0. The third kappa shape index (κ3) is 3.50. The Kier molecular flexibility index (Phi) is 5.37. The van der Waals surface area contributed by atoms with E-state index in [-0.39, 0.29) is 16.1 Å². The van der Waals surface area contributed by atoms with E-state index in [1.807, 2.05) is 0 Å². The molecule has 0 aliphatic heterocycles. The van der Waals surface area contributed by atoms with Gasteiger partial charge in [0.05, 0.1) is 33.6 Å². The molecular formula is C19H11Cl2N3O4S2. The molecule has 2 aromatic carbocycles. The number of esters is 1. The number of carbonyl (C=O) groups is 2. The fourth-order valence-electron chi connectivity index (χ4n) is 2.95. The van der Waals surface area contributed by atoms with Crippen molar-refractivity contribution < 1.29 is 14.3 Å². The van der Waals surface area contributed by atoms with Gasteiger partial charge in [-0.3, -0.25) is 14.0 Å². The maximum Gasteiger partial charge on any atom is 0.337 e. The molecule has 0 spiro atoms. The molecule has 0 bridgehead atoms. The second-order valence-corrected chi connectivity index (χ2v) is 8.60. The fraction of sp³-hybridized carbons (Fsp3) is 0.0526. The van der Waals surface area contributed by atoms with Crippen molar-refractivity contribution in [2.45, 2.75) is 0 Å². The lowest BCUT2D eigenvalue weighted by molar-refractivity contribution is 0.0600. The molecule has 2 N–H and O–H groups in total. The second kappa shape index (κ2) is 7.84. The number of nitrogens with zero attached hydrogens (tertiary/aromatic N) is 1. The van der Waals surface area contributed by atoms with Crippen molar-refractivity contribution in [2.75, 3.05) is 12.4 Å². The van der Waals surface area contributed by atoms with Gasteiger partial charge in [0.2, 0.25) is 0 Å². The van der Waals surface area contributed by atoms with Gasteiger partial charge in [-0.2, -0.15) is 0 Å². The summed E-state index contributed by atoms with van der Waals surface area (Å²) in [5, 5.41) is 3.68. The van der Waals surface area contributed by atoms with Crippen LogP contribution < -0.4 is 10.9 Å². The Morgan fingerprint density at radius 2 is 1.93 bits per heavy atom. The Hall–Kier alpha value is -2.72. The third-order valence-electron chi connectivity index (χ3n) is 4.33. The van der Waals surface area contributed by atoms with Crippen molar-refractivity contribution in [3.63, 3.8) is 0 Å². The molecule has 4 rings (SSSR count). The van der Waals surface area contributed by atoms with E-state index < -0.39 is 17.4 Å². The van der Waals surface area contributed by atoms with Gasteiger partial charge in [-0.05, 0) is 48.6 Å². The molecule has 0 aliphatic rings. The number of halogens is 2. The van der Waals surface area contributed by atoms with Gasteiger partial charge >= 0.3 is 5.97 Å². The number of rotatable bonds is 3. The minimum absolute atomic E-state index is 0.202. The first-order valence-electron chi connectivity index (χ1n) is 8.36. The van der Waals surface area contributed by atoms with Crippen molar-refractivity contribution in [2.24, 2.45) is 0 Å². The number of thiazole rings is 1. The third-order valence-corrected chi connectivity index (χ3v) is 6.44. The van der Waals surface area contributed by atoms with Gasteiger partial charge in [0, 0.05) is 5.69 Å². The summed E-state index contributed by atoms with van der Waals surface area (Å²) in [6, 6.07) is 9.18. The number of hydrogen-bond acceptors (Lipinski definition) is 6. The topological polar surface area (TPSA) is 92.7 Å². The van der Waals surface area contributed by atoms with Crippen LogP contribution in [0.5, 0.6) is 0 Å². The Morgan fingerprint density at radius 3 is 2.63 bits per heavy atom. The molecule has 2 aromatic heterocycles. The van der Waals surface area contributed by atoms with E-state index in [1.54, 1.807) is 16.5 Å². The summed E-state index contributed by atoms with van der Waals surface area (Å²) >= 11 is 18.4. The summed E-state index contributed by atoms with van der Waals surface area (Å²) < 4.78 is 6.62. The van der Waals surface area contributed by atoms with Gasteiger partial charge in [-0.1, -0.05) is 34.5 Å². The van der Waals surface area contributed by atoms with Crippen molar-refractivity contribution >= 4 is 80.9 Å². The first kappa shape index (κ1) is 20.5. The average Bonchev–Trinajstić information content (AvgIpc) is 3.06. The molecule has 7 nitrogen and oxygen atoms in total. The van der Waals surface area contributed by atoms with Crippen LogP contribution in [0.2, 0.25) is 10.0 Å². The molecule has 0 radical (unpaired) electrons. The van der Waals surface area contributed by atoms with E-state index in [4.69, 9.17) is 40.2 Å². The largest absolute Gasteiger partial charge is 0.465 e. The molecule has 30 heavy (non-hydrogen) atoms. The molecule has 0 atom stereocenters. The van der Waals surface area contributed by atoms with Crippen LogP contribution >= 0.6 is 46.8 Å². The number of hydrogen-bond donors (Lipinski definition) is 2. The summed E-state index contributed by atoms with van der Waals surface area (Å²) in [5.74, 6) is -1.03. The minimum Gasteiger partial charge on any atom is -0.465 e. The number of amides is 1. The molecule has 2 heterocycles. The zero-order valence-electron chi connectivity index (χ0n) is 15.1. The average molecular weight is 480 g/mol. The highest BCUT2D eigenvalue weighted by molar-refractivity contribution is 7.73. The Labute approximate surface area is 187 Å². The van der Waals surface area contributed by atoms with E-state index >= 15 is 0 Å². The van der Waals surface area contributed by atoms with E-state index in [0.717, 1.165) is 11.3 Å². The predicted octanol–water partition coefficient (Wildman–Crippen LogP) is 4.92. The summed E-state index contributed by atoms with van der Waals surface area (Å²) in [4.78, 5) is 40.3. The lowest BCUT2D eigenvalue weighted by atomic mass is 10.1. The van der Waals surface area contributed by atoms with Crippen LogP contribution in [0.15, 0.2) is 41.2 Å². The van der Waals surface area contributed by atoms with Gasteiger partial charge in [-0.15, -0.1) is 0 Å². The number of fused-ring (bicyclic) bond motifs is 3. The van der Waals surface area contributed by atoms with Gasteiger partial charge in [0.15, 0.2) is 3.95 Å². The van der Waals surface area contributed by atoms with Gasteiger partial charge < -0.3 is 15.0 Å². The Bertz CT molecular complexity index is 1470. The number of aromatic nitrogens is 2. The summed E-state index contributed by atoms with van der Waals surface area (Å²) in [6.07, 6.45) is 0. The van der Waals surface area contributed by atoms with E-state index in [1.165, 1.54) is 31.4 Å². The highest BCUT2D eigenvalue weighted by atomic mass is 35.5. The number of benzene rings is 2. The molecule has 152 valence electrons. The van der Waals surface area contributed by atoms with Gasteiger partial charge in [0.25, 0.3) is 11.5 Å². The highest BCUT2D eigenvalue weighted by Crippen LogP contribution is 2.27. The Morgan fingerprint density at radius 1 is 1.17 bits per heavy atom. The number of carbonyl (C=O) groups excluding carboxylic acids is 2. The van der Waals surface area contributed by atoms with Crippen LogP contribution in [0.4, 0.5) is 5.69 Å². The van der Waals surface area contributed by atoms with Crippen molar-refractivity contribution in [1.29, 1.82) is 0 Å². The smallest absolute Gasteiger partial charge is 0.337 e. The quantitative estimate of drug-likeness (QED) is 0.321. The maximum absolute atomic E-state index is 12.9. The van der Waals surface area contributed by atoms with Gasteiger partial charge in [0.1, 0.15) is 10.5 Å². The molecule has 1 amide bonds. The number of methoxy groups -OCH3 is 1. The summed E-state index contributed by atoms with van der Waals surface area (Å²) in [7, 11) is 1.27. The van der Waals surface area contributed by atoms with Crippen LogP contribution in [-0.4, -0.2) is 28.4 Å². The zero-order valence-corrected chi connectivity index (χ0v) is 18.3. The minimum atomic E-state index is -0.551. The first-order valence-corrected chi connectivity index (χ1v) is 10.3. The first-order chi connectivity index (χ1) is 14.3. The summed E-state index contributed by atoms with van der Waals surface area (Å²) in [6.45, 7) is 0. The lowest BCUT2D eigenvalue weighted by Crippen LogP contribution is -2.15. The van der Waals surface area contributed by atoms with Crippen molar-refractivity contribution in [3.05, 3.63) is 71.2 Å². The molecular weight excluding hydrogens is 469 g/mol. The second-order valence-electron chi connectivity index (χ2n) is 6.14. The highest BCUT2D eigenvalue weighted by Gasteiger charge is 2.19. The number of nitrogens with one attached hydrogen (secondary N) is 2. The zero-order chi connectivity index (χ0) is 21.6. The molecule has 0 saturated carbocycles. The van der Waals surface area contributed by atoms with E-state index in [0.29, 0.717) is 30.6 Å². The van der Waals surface area contributed by atoms with Crippen LogP contribution in [0.1, 0.15) is 20.0 Å².